The van der Waals surface area contributed by atoms with Crippen molar-refractivity contribution in [1.82, 2.24) is 4.90 Å². The van der Waals surface area contributed by atoms with Crippen LogP contribution in [0.5, 0.6) is 0 Å². The normalized spacial score (nSPS) is 20.1. The molecule has 2 N–H and O–H groups in total. The summed E-state index contributed by atoms with van der Waals surface area (Å²) in [5.41, 5.74) is 7.87. The highest BCUT2D eigenvalue weighted by molar-refractivity contribution is 5.37. The first-order chi connectivity index (χ1) is 5.27. The summed E-state index contributed by atoms with van der Waals surface area (Å²) in [5, 5.41) is 0. The largest absolute Gasteiger partial charge is 0.405 e. The predicted molar refractivity (Wildman–Crippen MR) is 48.0 cm³/mol. The van der Waals surface area contributed by atoms with E-state index in [0.29, 0.717) is 0 Å². The van der Waals surface area contributed by atoms with Crippen LogP contribution in [0.15, 0.2) is 36.1 Å². The molecule has 0 aromatic heterocycles. The molecule has 0 atom stereocenters. The summed E-state index contributed by atoms with van der Waals surface area (Å²) in [6.07, 6.45) is 5.43. The molecule has 1 heterocycles. The van der Waals surface area contributed by atoms with E-state index in [1.165, 1.54) is 11.1 Å². The van der Waals surface area contributed by atoms with Gasteiger partial charge in [0.05, 0.1) is 0 Å². The van der Waals surface area contributed by atoms with Crippen LogP contribution in [-0.4, -0.2) is 25.0 Å². The van der Waals surface area contributed by atoms with Gasteiger partial charge in [-0.2, -0.15) is 0 Å². The highest BCUT2D eigenvalue weighted by Gasteiger charge is 2.13. The van der Waals surface area contributed by atoms with Crippen molar-refractivity contribution in [3.8, 4) is 0 Å². The third-order valence-electron chi connectivity index (χ3n) is 1.84. The van der Waals surface area contributed by atoms with Crippen molar-refractivity contribution in [2.45, 2.75) is 0 Å². The molecule has 60 valence electrons. The smallest absolute Gasteiger partial charge is 0.0238 e. The van der Waals surface area contributed by atoms with E-state index >= 15 is 0 Å². The van der Waals surface area contributed by atoms with Gasteiger partial charge in [-0.05, 0) is 30.5 Å². The van der Waals surface area contributed by atoms with Crippen LogP contribution in [0, 0.1) is 0 Å². The molecule has 0 saturated heterocycles. The van der Waals surface area contributed by atoms with Gasteiger partial charge in [-0.3, -0.25) is 4.90 Å². The van der Waals surface area contributed by atoms with Crippen LogP contribution in [0.1, 0.15) is 0 Å². The third kappa shape index (κ3) is 1.71. The number of hydrogen-bond acceptors (Lipinski definition) is 2. The SMILES string of the molecule is C=CC1=C(/C=C\N)CN(C)C1. The average Bonchev–Trinajstić information content (AvgIpc) is 2.32. The molecule has 1 rings (SSSR count). The van der Waals surface area contributed by atoms with E-state index in [1.54, 1.807) is 6.20 Å². The molecule has 0 aromatic carbocycles. The molecule has 0 radical (unpaired) electrons. The molecule has 0 fully saturated rings. The Balaban J connectivity index is 2.79. The van der Waals surface area contributed by atoms with E-state index in [2.05, 4.69) is 18.5 Å². The van der Waals surface area contributed by atoms with Crippen molar-refractivity contribution in [1.29, 1.82) is 0 Å². The fraction of sp³-hybridized carbons (Fsp3) is 0.333. The third-order valence-corrected chi connectivity index (χ3v) is 1.84. The van der Waals surface area contributed by atoms with E-state index < -0.39 is 0 Å². The van der Waals surface area contributed by atoms with Crippen LogP contribution in [0.3, 0.4) is 0 Å². The van der Waals surface area contributed by atoms with E-state index in [0.717, 1.165) is 13.1 Å². The van der Waals surface area contributed by atoms with Crippen molar-refractivity contribution in [2.24, 2.45) is 5.73 Å². The maximum absolute atomic E-state index is 5.30. The van der Waals surface area contributed by atoms with Gasteiger partial charge in [-0.1, -0.05) is 12.7 Å². The molecule has 11 heavy (non-hydrogen) atoms. The highest BCUT2D eigenvalue weighted by atomic mass is 15.1. The average molecular weight is 150 g/mol. The Morgan fingerprint density at radius 3 is 2.64 bits per heavy atom. The molecule has 0 bridgehead atoms. The van der Waals surface area contributed by atoms with Crippen LogP contribution in [-0.2, 0) is 0 Å². The van der Waals surface area contributed by atoms with Gasteiger partial charge in [0.1, 0.15) is 0 Å². The van der Waals surface area contributed by atoms with Crippen molar-refractivity contribution < 1.29 is 0 Å². The molecular weight excluding hydrogens is 136 g/mol. The van der Waals surface area contributed by atoms with Crippen molar-refractivity contribution in [3.05, 3.63) is 36.1 Å². The quantitative estimate of drug-likeness (QED) is 0.633. The Kier molecular flexibility index (Phi) is 2.49. The summed E-state index contributed by atoms with van der Waals surface area (Å²) < 4.78 is 0. The van der Waals surface area contributed by atoms with E-state index in [9.17, 15) is 0 Å². The van der Waals surface area contributed by atoms with E-state index in [-0.39, 0.29) is 0 Å². The van der Waals surface area contributed by atoms with Gasteiger partial charge in [-0.15, -0.1) is 0 Å². The standard InChI is InChI=1S/C9H14N2/c1-3-8-6-11(2)7-9(8)4-5-10/h3-5H,1,6-7,10H2,2H3/b5-4-. The molecule has 1 aliphatic heterocycles. The Morgan fingerprint density at radius 1 is 1.45 bits per heavy atom. The monoisotopic (exact) mass is 150 g/mol. The lowest BCUT2D eigenvalue weighted by Crippen LogP contribution is -2.14. The molecule has 2 heteroatoms. The maximum Gasteiger partial charge on any atom is 0.0238 e. The summed E-state index contributed by atoms with van der Waals surface area (Å²) in [6.45, 7) is 5.72. The summed E-state index contributed by atoms with van der Waals surface area (Å²) in [7, 11) is 2.08. The second-order valence-corrected chi connectivity index (χ2v) is 2.79. The first-order valence-corrected chi connectivity index (χ1v) is 3.69. The summed E-state index contributed by atoms with van der Waals surface area (Å²) in [5.74, 6) is 0. The Labute approximate surface area is 67.7 Å². The first kappa shape index (κ1) is 8.08. The van der Waals surface area contributed by atoms with Crippen LogP contribution in [0.2, 0.25) is 0 Å². The zero-order valence-electron chi connectivity index (χ0n) is 6.88. The molecule has 2 nitrogen and oxygen atoms in total. The predicted octanol–water partition coefficient (Wildman–Crippen LogP) is 0.887. The van der Waals surface area contributed by atoms with Crippen LogP contribution >= 0.6 is 0 Å². The summed E-state index contributed by atoms with van der Waals surface area (Å²) in [6, 6.07) is 0. The second kappa shape index (κ2) is 3.39. The molecular formula is C9H14N2. The lowest BCUT2D eigenvalue weighted by atomic mass is 10.1. The number of rotatable bonds is 2. The topological polar surface area (TPSA) is 29.3 Å². The molecule has 0 spiro atoms. The number of nitrogens with two attached hydrogens (primary N) is 1. The molecule has 0 saturated carbocycles. The van der Waals surface area contributed by atoms with Gasteiger partial charge >= 0.3 is 0 Å². The van der Waals surface area contributed by atoms with Gasteiger partial charge in [0, 0.05) is 13.1 Å². The molecule has 0 aliphatic carbocycles. The lowest BCUT2D eigenvalue weighted by Gasteiger charge is -2.04. The van der Waals surface area contributed by atoms with Crippen molar-refractivity contribution >= 4 is 0 Å². The molecule has 1 aliphatic rings. The van der Waals surface area contributed by atoms with Gasteiger partial charge < -0.3 is 5.73 Å². The van der Waals surface area contributed by atoms with Gasteiger partial charge in [0.2, 0.25) is 0 Å². The second-order valence-electron chi connectivity index (χ2n) is 2.79. The Hall–Kier alpha value is -1.02. The van der Waals surface area contributed by atoms with Gasteiger partial charge in [-0.25, -0.2) is 0 Å². The van der Waals surface area contributed by atoms with E-state index in [4.69, 9.17) is 5.73 Å². The fourth-order valence-corrected chi connectivity index (χ4v) is 1.31. The van der Waals surface area contributed by atoms with E-state index in [1.807, 2.05) is 12.2 Å². The number of likely N-dealkylation sites (N-methyl/N-ethyl adjacent to an activating group) is 1. The molecule has 0 amide bonds. The minimum Gasteiger partial charge on any atom is -0.405 e. The van der Waals surface area contributed by atoms with Crippen molar-refractivity contribution in [3.63, 3.8) is 0 Å². The van der Waals surface area contributed by atoms with Crippen LogP contribution < -0.4 is 5.73 Å². The molecule has 0 unspecified atom stereocenters. The summed E-state index contributed by atoms with van der Waals surface area (Å²) in [4.78, 5) is 2.23. The highest BCUT2D eigenvalue weighted by Crippen LogP contribution is 2.16. The lowest BCUT2D eigenvalue weighted by molar-refractivity contribution is 0.428. The first-order valence-electron chi connectivity index (χ1n) is 3.69. The van der Waals surface area contributed by atoms with Crippen LogP contribution in [0.25, 0.3) is 0 Å². The number of hydrogen-bond donors (Lipinski definition) is 1. The Bertz CT molecular complexity index is 214. The van der Waals surface area contributed by atoms with Gasteiger partial charge in [0.25, 0.3) is 0 Å². The molecule has 0 aromatic rings. The zero-order valence-corrected chi connectivity index (χ0v) is 6.88. The minimum absolute atomic E-state index is 0.981. The maximum atomic E-state index is 5.30. The number of nitrogens with zero attached hydrogens (tertiary/aromatic N) is 1. The minimum atomic E-state index is 0.981. The van der Waals surface area contributed by atoms with Crippen LogP contribution in [0.4, 0.5) is 0 Å². The Morgan fingerprint density at radius 2 is 2.09 bits per heavy atom. The zero-order chi connectivity index (χ0) is 8.27. The van der Waals surface area contributed by atoms with Gasteiger partial charge in [0.15, 0.2) is 0 Å². The van der Waals surface area contributed by atoms with Crippen molar-refractivity contribution in [2.75, 3.05) is 20.1 Å². The summed E-state index contributed by atoms with van der Waals surface area (Å²) >= 11 is 0. The fourth-order valence-electron chi connectivity index (χ4n) is 1.31.